The molecule has 1 aliphatic rings. The Bertz CT molecular complexity index is 378. The molecule has 1 aromatic rings. The first kappa shape index (κ1) is 9.65. The third-order valence-electron chi connectivity index (χ3n) is 2.45. The van der Waals surface area contributed by atoms with Gasteiger partial charge in [-0.2, -0.15) is 0 Å². The van der Waals surface area contributed by atoms with Crippen LogP contribution in [0.15, 0.2) is 17.3 Å². The van der Waals surface area contributed by atoms with Gasteiger partial charge in [-0.1, -0.05) is 0 Å². The number of hydrogen-bond donors (Lipinski definition) is 0. The molecule has 1 unspecified atom stereocenters. The quantitative estimate of drug-likeness (QED) is 0.701. The normalized spacial score (nSPS) is 20.7. The molecule has 76 valence electrons. The molecule has 2 heterocycles. The molecule has 4 heteroatoms. The maximum atomic E-state index is 11.7. The molecule has 1 aromatic heterocycles. The lowest BCUT2D eigenvalue weighted by atomic mass is 10.2. The second-order valence-electron chi connectivity index (χ2n) is 3.47. The minimum atomic E-state index is -0.898. The largest absolute Gasteiger partial charge is 0.369 e. The minimum Gasteiger partial charge on any atom is -0.369 e. The van der Waals surface area contributed by atoms with Gasteiger partial charge in [-0.3, -0.25) is 4.21 Å². The maximum absolute atomic E-state index is 11.7. The Kier molecular flexibility index (Phi) is 2.54. The van der Waals surface area contributed by atoms with Crippen LogP contribution in [0.25, 0.3) is 0 Å². The molecule has 3 nitrogen and oxygen atoms in total. The topological polar surface area (TPSA) is 33.2 Å². The van der Waals surface area contributed by atoms with Crippen LogP contribution >= 0.6 is 0 Å². The summed E-state index contributed by atoms with van der Waals surface area (Å²) in [4.78, 5) is 6.49. The fourth-order valence-electron chi connectivity index (χ4n) is 1.68. The Hall–Kier alpha value is -0.900. The van der Waals surface area contributed by atoms with Crippen molar-refractivity contribution in [3.05, 3.63) is 17.8 Å². The van der Waals surface area contributed by atoms with Crippen LogP contribution < -0.4 is 4.90 Å². The Morgan fingerprint density at radius 3 is 3.14 bits per heavy atom. The molecule has 0 fully saturated rings. The first-order valence-corrected chi connectivity index (χ1v) is 6.14. The lowest BCUT2D eigenvalue weighted by Gasteiger charge is -2.28. The third-order valence-corrected chi connectivity index (χ3v) is 3.75. The molecule has 14 heavy (non-hydrogen) atoms. The van der Waals surface area contributed by atoms with Crippen molar-refractivity contribution in [2.24, 2.45) is 0 Å². The van der Waals surface area contributed by atoms with E-state index >= 15 is 0 Å². The summed E-state index contributed by atoms with van der Waals surface area (Å²) in [6.07, 6.45) is 1.79. The van der Waals surface area contributed by atoms with E-state index in [0.29, 0.717) is 5.75 Å². The fourth-order valence-corrected chi connectivity index (χ4v) is 2.85. The Balaban J connectivity index is 2.51. The van der Waals surface area contributed by atoms with Crippen LogP contribution in [0.1, 0.15) is 12.5 Å². The van der Waals surface area contributed by atoms with Gasteiger partial charge in [0.1, 0.15) is 0 Å². The highest BCUT2D eigenvalue weighted by Gasteiger charge is 2.22. The van der Waals surface area contributed by atoms with E-state index < -0.39 is 10.8 Å². The van der Waals surface area contributed by atoms with E-state index in [-0.39, 0.29) is 0 Å². The number of pyridine rings is 1. The predicted octanol–water partition coefficient (Wildman–Crippen LogP) is 1.34. The zero-order valence-corrected chi connectivity index (χ0v) is 9.30. The van der Waals surface area contributed by atoms with Crippen LogP contribution in [0.4, 0.5) is 5.69 Å². The second-order valence-corrected chi connectivity index (χ2v) is 4.95. The Labute approximate surface area is 86.6 Å². The molecule has 0 saturated heterocycles. The summed E-state index contributed by atoms with van der Waals surface area (Å²) < 4.78 is 11.7. The monoisotopic (exact) mass is 210 g/mol. The number of fused-ring (bicyclic) bond motifs is 1. The van der Waals surface area contributed by atoms with Gasteiger partial charge in [-0.25, -0.2) is 4.98 Å². The summed E-state index contributed by atoms with van der Waals surface area (Å²) in [5, 5.41) is 0.753. The lowest BCUT2D eigenvalue weighted by molar-refractivity contribution is 0.672. The number of aromatic nitrogens is 1. The highest BCUT2D eigenvalue weighted by molar-refractivity contribution is 7.85. The highest BCUT2D eigenvalue weighted by atomic mass is 32.2. The predicted molar refractivity (Wildman–Crippen MR) is 58.1 cm³/mol. The smallest absolute Gasteiger partial charge is 0.150 e. The molecule has 0 spiro atoms. The van der Waals surface area contributed by atoms with Gasteiger partial charge in [0.15, 0.2) is 5.03 Å². The van der Waals surface area contributed by atoms with Crippen LogP contribution in [-0.2, 0) is 10.8 Å². The van der Waals surface area contributed by atoms with Crippen molar-refractivity contribution in [2.75, 3.05) is 23.7 Å². The van der Waals surface area contributed by atoms with Crippen molar-refractivity contribution in [1.29, 1.82) is 0 Å². The second kappa shape index (κ2) is 3.69. The van der Waals surface area contributed by atoms with Crippen molar-refractivity contribution in [1.82, 2.24) is 4.98 Å². The highest BCUT2D eigenvalue weighted by Crippen LogP contribution is 2.26. The number of aryl methyl sites for hydroxylation is 1. The van der Waals surface area contributed by atoms with Gasteiger partial charge in [-0.15, -0.1) is 0 Å². The van der Waals surface area contributed by atoms with Crippen LogP contribution in [0, 0.1) is 6.92 Å². The zero-order chi connectivity index (χ0) is 10.1. The summed E-state index contributed by atoms with van der Waals surface area (Å²) in [7, 11) is -0.898. The number of rotatable bonds is 1. The van der Waals surface area contributed by atoms with E-state index in [4.69, 9.17) is 0 Å². The Morgan fingerprint density at radius 1 is 1.64 bits per heavy atom. The molecule has 1 aliphatic heterocycles. The average molecular weight is 210 g/mol. The molecule has 0 bridgehead atoms. The molecule has 1 atom stereocenters. The molecule has 0 aliphatic carbocycles. The average Bonchev–Trinajstić information content (AvgIpc) is 2.18. The van der Waals surface area contributed by atoms with E-state index in [9.17, 15) is 4.21 Å². The number of anilines is 1. The molecular formula is C10H14N2OS. The SMILES string of the molecule is CCN1CCS(=O)c2ncc(C)cc21. The first-order chi connectivity index (χ1) is 6.72. The van der Waals surface area contributed by atoms with Gasteiger partial charge >= 0.3 is 0 Å². The summed E-state index contributed by atoms with van der Waals surface area (Å²) in [5.41, 5.74) is 2.18. The summed E-state index contributed by atoms with van der Waals surface area (Å²) in [6.45, 7) is 5.95. The van der Waals surface area contributed by atoms with E-state index in [0.717, 1.165) is 29.4 Å². The number of nitrogens with zero attached hydrogens (tertiary/aromatic N) is 2. The number of hydrogen-bond acceptors (Lipinski definition) is 3. The lowest BCUT2D eigenvalue weighted by Crippen LogP contribution is -2.33. The maximum Gasteiger partial charge on any atom is 0.150 e. The molecule has 0 saturated carbocycles. The van der Waals surface area contributed by atoms with Crippen LogP contribution in [0.2, 0.25) is 0 Å². The summed E-state index contributed by atoms with van der Waals surface area (Å²) in [5.74, 6) is 0.705. The molecule has 0 radical (unpaired) electrons. The van der Waals surface area contributed by atoms with Gasteiger partial charge in [0, 0.05) is 25.0 Å². The van der Waals surface area contributed by atoms with Crippen molar-refractivity contribution >= 4 is 16.5 Å². The summed E-state index contributed by atoms with van der Waals surface area (Å²) in [6, 6.07) is 2.07. The standard InChI is InChI=1S/C10H14N2OS/c1-3-12-4-5-14(13)10-9(12)6-8(2)7-11-10/h6-7H,3-5H2,1-2H3. The third kappa shape index (κ3) is 1.54. The molecular weight excluding hydrogens is 196 g/mol. The molecule has 0 aromatic carbocycles. The van der Waals surface area contributed by atoms with Crippen molar-refractivity contribution in [2.45, 2.75) is 18.9 Å². The van der Waals surface area contributed by atoms with Crippen molar-refractivity contribution < 1.29 is 4.21 Å². The molecule has 0 N–H and O–H groups in total. The van der Waals surface area contributed by atoms with Gasteiger partial charge in [0.25, 0.3) is 0 Å². The van der Waals surface area contributed by atoms with Crippen LogP contribution in [0.3, 0.4) is 0 Å². The van der Waals surface area contributed by atoms with Crippen molar-refractivity contribution in [3.8, 4) is 0 Å². The summed E-state index contributed by atoms with van der Waals surface area (Å²) >= 11 is 0. The van der Waals surface area contributed by atoms with E-state index in [1.54, 1.807) is 6.20 Å². The first-order valence-electron chi connectivity index (χ1n) is 4.82. The van der Waals surface area contributed by atoms with Gasteiger partial charge in [0.2, 0.25) is 0 Å². The molecule has 2 rings (SSSR count). The van der Waals surface area contributed by atoms with E-state index in [1.165, 1.54) is 0 Å². The van der Waals surface area contributed by atoms with Crippen LogP contribution in [-0.4, -0.2) is 28.0 Å². The van der Waals surface area contributed by atoms with Gasteiger partial charge in [0.05, 0.1) is 16.5 Å². The zero-order valence-electron chi connectivity index (χ0n) is 8.49. The molecule has 0 amide bonds. The minimum absolute atomic E-state index is 0.705. The van der Waals surface area contributed by atoms with Crippen LogP contribution in [0.5, 0.6) is 0 Å². The van der Waals surface area contributed by atoms with E-state index in [1.807, 2.05) is 6.92 Å². The Morgan fingerprint density at radius 2 is 2.43 bits per heavy atom. The van der Waals surface area contributed by atoms with Gasteiger partial charge in [-0.05, 0) is 25.5 Å². The van der Waals surface area contributed by atoms with Gasteiger partial charge < -0.3 is 4.90 Å². The fraction of sp³-hybridized carbons (Fsp3) is 0.500. The van der Waals surface area contributed by atoms with Crippen molar-refractivity contribution in [3.63, 3.8) is 0 Å². The van der Waals surface area contributed by atoms with E-state index in [2.05, 4.69) is 22.9 Å².